The summed E-state index contributed by atoms with van der Waals surface area (Å²) in [5.74, 6) is 1.60. The summed E-state index contributed by atoms with van der Waals surface area (Å²) in [4.78, 5) is 16.4. The van der Waals surface area contributed by atoms with Crippen molar-refractivity contribution in [2.45, 2.75) is 37.4 Å². The van der Waals surface area contributed by atoms with E-state index >= 15 is 0 Å². The van der Waals surface area contributed by atoms with Crippen molar-refractivity contribution in [3.8, 4) is 11.5 Å². The summed E-state index contributed by atoms with van der Waals surface area (Å²) in [7, 11) is 0. The molecule has 3 heterocycles. The van der Waals surface area contributed by atoms with Gasteiger partial charge < -0.3 is 19.8 Å². The van der Waals surface area contributed by atoms with Crippen LogP contribution in [0, 0.1) is 0 Å². The van der Waals surface area contributed by atoms with Gasteiger partial charge in [-0.15, -0.1) is 0 Å². The van der Waals surface area contributed by atoms with Gasteiger partial charge in [0, 0.05) is 22.6 Å². The molecule has 1 amide bonds. The van der Waals surface area contributed by atoms with E-state index in [1.54, 1.807) is 0 Å². The first-order chi connectivity index (χ1) is 13.8. The quantitative estimate of drug-likeness (QED) is 0.658. The van der Waals surface area contributed by atoms with E-state index in [-0.39, 0.29) is 24.8 Å². The Bertz CT molecular complexity index is 1090. The second-order valence-electron chi connectivity index (χ2n) is 7.81. The maximum Gasteiger partial charge on any atom is 0.237 e. The lowest BCUT2D eigenvalue weighted by Gasteiger charge is -2.31. The minimum atomic E-state index is -0.261. The van der Waals surface area contributed by atoms with E-state index in [1.807, 2.05) is 30.3 Å². The lowest BCUT2D eigenvalue weighted by atomic mass is 9.90. The Balaban J connectivity index is 1.44. The highest BCUT2D eigenvalue weighted by Gasteiger charge is 2.36. The van der Waals surface area contributed by atoms with E-state index < -0.39 is 0 Å². The van der Waals surface area contributed by atoms with Gasteiger partial charge in [0.05, 0.1) is 12.1 Å². The average Bonchev–Trinajstić information content (AvgIpc) is 3.27. The van der Waals surface area contributed by atoms with Gasteiger partial charge in [-0.05, 0) is 48.6 Å². The monoisotopic (exact) mass is 375 g/mol. The van der Waals surface area contributed by atoms with Crippen LogP contribution in [0.5, 0.6) is 11.5 Å². The zero-order valence-electron chi connectivity index (χ0n) is 15.3. The Morgan fingerprint density at radius 1 is 1.07 bits per heavy atom. The zero-order valence-corrected chi connectivity index (χ0v) is 15.3. The Labute approximate surface area is 162 Å². The minimum Gasteiger partial charge on any atom is -0.454 e. The number of amides is 1. The van der Waals surface area contributed by atoms with Gasteiger partial charge in [-0.25, -0.2) is 0 Å². The number of aromatic nitrogens is 1. The summed E-state index contributed by atoms with van der Waals surface area (Å²) in [5.41, 5.74) is 4.49. The fourth-order valence-electron chi connectivity index (χ4n) is 4.29. The maximum atomic E-state index is 12.9. The molecule has 1 aromatic heterocycles. The Morgan fingerprint density at radius 2 is 1.93 bits per heavy atom. The summed E-state index contributed by atoms with van der Waals surface area (Å²) >= 11 is 0. The minimum absolute atomic E-state index is 0.0872. The van der Waals surface area contributed by atoms with Gasteiger partial charge in [-0.1, -0.05) is 24.3 Å². The standard InChI is InChI=1S/C22H21N3O3/c26-22(23-13-6-7-13)17-10-15-14-3-1-2-4-16(14)24-21(15)20(25-17)12-5-8-18-19(9-12)28-11-27-18/h1-5,8-9,13,17,20,24-25H,6-7,10-11H2,(H,23,26). The molecule has 1 fully saturated rings. The van der Waals surface area contributed by atoms with Gasteiger partial charge in [-0.2, -0.15) is 0 Å². The highest BCUT2D eigenvalue weighted by Crippen LogP contribution is 2.39. The number of hydrogen-bond acceptors (Lipinski definition) is 4. The van der Waals surface area contributed by atoms with Gasteiger partial charge >= 0.3 is 0 Å². The third-order valence-corrected chi connectivity index (χ3v) is 5.88. The molecule has 2 atom stereocenters. The van der Waals surface area contributed by atoms with E-state index in [2.05, 4.69) is 27.8 Å². The molecular weight excluding hydrogens is 354 g/mol. The van der Waals surface area contributed by atoms with Gasteiger partial charge in [0.1, 0.15) is 0 Å². The fourth-order valence-corrected chi connectivity index (χ4v) is 4.29. The molecule has 28 heavy (non-hydrogen) atoms. The van der Waals surface area contributed by atoms with Gasteiger partial charge in [-0.3, -0.25) is 10.1 Å². The first-order valence-electron chi connectivity index (χ1n) is 9.82. The highest BCUT2D eigenvalue weighted by atomic mass is 16.7. The highest BCUT2D eigenvalue weighted by molar-refractivity contribution is 5.88. The molecule has 142 valence electrons. The summed E-state index contributed by atoms with van der Waals surface area (Å²) in [6.45, 7) is 0.251. The van der Waals surface area contributed by atoms with Crippen molar-refractivity contribution in [2.24, 2.45) is 0 Å². The van der Waals surface area contributed by atoms with Crippen LogP contribution < -0.4 is 20.1 Å². The summed E-state index contributed by atoms with van der Waals surface area (Å²) < 4.78 is 11.0. The molecule has 0 spiro atoms. The van der Waals surface area contributed by atoms with Crippen LogP contribution in [0.15, 0.2) is 42.5 Å². The van der Waals surface area contributed by atoms with E-state index in [9.17, 15) is 4.79 Å². The average molecular weight is 375 g/mol. The Kier molecular flexibility index (Phi) is 3.43. The van der Waals surface area contributed by atoms with Crippen LogP contribution in [0.25, 0.3) is 10.9 Å². The molecule has 1 saturated carbocycles. The van der Waals surface area contributed by atoms with Crippen LogP contribution in [0.4, 0.5) is 0 Å². The molecule has 3 aliphatic rings. The van der Waals surface area contributed by atoms with Gasteiger partial charge in [0.25, 0.3) is 0 Å². The van der Waals surface area contributed by atoms with Crippen molar-refractivity contribution >= 4 is 16.8 Å². The second-order valence-corrected chi connectivity index (χ2v) is 7.81. The van der Waals surface area contributed by atoms with E-state index in [4.69, 9.17) is 9.47 Å². The molecule has 3 aromatic rings. The number of nitrogens with one attached hydrogen (secondary N) is 3. The number of fused-ring (bicyclic) bond motifs is 4. The van der Waals surface area contributed by atoms with Crippen molar-refractivity contribution in [1.82, 2.24) is 15.6 Å². The number of H-pyrrole nitrogens is 1. The van der Waals surface area contributed by atoms with Crippen LogP contribution in [0.3, 0.4) is 0 Å². The van der Waals surface area contributed by atoms with Crippen LogP contribution in [0.1, 0.15) is 35.7 Å². The number of benzene rings is 2. The lowest BCUT2D eigenvalue weighted by molar-refractivity contribution is -0.123. The van der Waals surface area contributed by atoms with Crippen molar-refractivity contribution in [1.29, 1.82) is 0 Å². The van der Waals surface area contributed by atoms with Gasteiger partial charge in [0.2, 0.25) is 12.7 Å². The lowest BCUT2D eigenvalue weighted by Crippen LogP contribution is -2.50. The normalized spacial score (nSPS) is 22.9. The molecule has 2 unspecified atom stereocenters. The summed E-state index contributed by atoms with van der Waals surface area (Å²) in [5, 5.41) is 7.91. The smallest absolute Gasteiger partial charge is 0.237 e. The molecule has 2 aromatic carbocycles. The predicted octanol–water partition coefficient (Wildman–Crippen LogP) is 2.78. The van der Waals surface area contributed by atoms with E-state index in [1.165, 1.54) is 10.9 Å². The zero-order chi connectivity index (χ0) is 18.7. The molecule has 3 N–H and O–H groups in total. The Hall–Kier alpha value is -2.99. The topological polar surface area (TPSA) is 75.4 Å². The fraction of sp³-hybridized carbons (Fsp3) is 0.318. The predicted molar refractivity (Wildman–Crippen MR) is 104 cm³/mol. The molecule has 0 saturated heterocycles. The van der Waals surface area contributed by atoms with Gasteiger partial charge in [0.15, 0.2) is 11.5 Å². The molecule has 0 bridgehead atoms. The van der Waals surface area contributed by atoms with Crippen molar-refractivity contribution in [3.63, 3.8) is 0 Å². The second kappa shape index (κ2) is 6.01. The number of hydrogen-bond donors (Lipinski definition) is 3. The van der Waals surface area contributed by atoms with Crippen molar-refractivity contribution in [3.05, 3.63) is 59.3 Å². The molecule has 6 heteroatoms. The first-order valence-corrected chi connectivity index (χ1v) is 9.82. The number of ether oxygens (including phenoxy) is 2. The molecule has 1 aliphatic carbocycles. The number of carbonyl (C=O) groups excluding carboxylic acids is 1. The summed E-state index contributed by atoms with van der Waals surface area (Å²) in [6.07, 6.45) is 2.85. The van der Waals surface area contributed by atoms with E-state index in [0.29, 0.717) is 12.5 Å². The van der Waals surface area contributed by atoms with Crippen molar-refractivity contribution < 1.29 is 14.3 Å². The molecule has 0 radical (unpaired) electrons. The van der Waals surface area contributed by atoms with Crippen LogP contribution in [-0.2, 0) is 11.2 Å². The largest absolute Gasteiger partial charge is 0.454 e. The number of carbonyl (C=O) groups is 1. The number of para-hydroxylation sites is 1. The summed E-state index contributed by atoms with van der Waals surface area (Å²) in [6, 6.07) is 14.3. The molecular formula is C22H21N3O3. The van der Waals surface area contributed by atoms with Crippen LogP contribution in [-0.4, -0.2) is 29.8 Å². The third-order valence-electron chi connectivity index (χ3n) is 5.88. The molecule has 2 aliphatic heterocycles. The third kappa shape index (κ3) is 2.56. The molecule has 6 nitrogen and oxygen atoms in total. The van der Waals surface area contributed by atoms with Crippen molar-refractivity contribution in [2.75, 3.05) is 6.79 Å². The molecule has 6 rings (SSSR count). The first kappa shape index (κ1) is 16.0. The maximum absolute atomic E-state index is 12.9. The van der Waals surface area contributed by atoms with Crippen LogP contribution >= 0.6 is 0 Å². The van der Waals surface area contributed by atoms with Crippen LogP contribution in [0.2, 0.25) is 0 Å². The Morgan fingerprint density at radius 3 is 2.82 bits per heavy atom. The number of rotatable bonds is 3. The SMILES string of the molecule is O=C(NC1CC1)C1Cc2c([nH]c3ccccc23)C(c2ccc3c(c2)OCO3)N1. The van der Waals surface area contributed by atoms with E-state index in [0.717, 1.165) is 41.1 Å². The number of aromatic amines is 1.